The van der Waals surface area contributed by atoms with Crippen molar-refractivity contribution in [2.75, 3.05) is 6.54 Å². The van der Waals surface area contributed by atoms with Gasteiger partial charge in [-0.1, -0.05) is 23.4 Å². The topological polar surface area (TPSA) is 79.5 Å². The second-order valence-corrected chi connectivity index (χ2v) is 7.12. The summed E-state index contributed by atoms with van der Waals surface area (Å²) in [5.41, 5.74) is 3.83. The largest absolute Gasteiger partial charge is 0.391 e. The smallest absolute Gasteiger partial charge is 0.249 e. The van der Waals surface area contributed by atoms with Gasteiger partial charge >= 0.3 is 0 Å². The van der Waals surface area contributed by atoms with Gasteiger partial charge in [-0.25, -0.2) is 0 Å². The van der Waals surface area contributed by atoms with E-state index in [9.17, 15) is 9.90 Å². The quantitative estimate of drug-likeness (QED) is 0.925. The van der Waals surface area contributed by atoms with Crippen LogP contribution >= 0.6 is 0 Å². The summed E-state index contributed by atoms with van der Waals surface area (Å²) < 4.78 is 5.24. The minimum atomic E-state index is -0.551. The zero-order chi connectivity index (χ0) is 17.4. The third-order valence-corrected chi connectivity index (χ3v) is 5.20. The molecule has 0 bridgehead atoms. The molecule has 1 fully saturated rings. The molecular formula is C19H23N3O3. The molecule has 1 amide bonds. The van der Waals surface area contributed by atoms with Gasteiger partial charge in [0.05, 0.1) is 12.5 Å². The highest BCUT2D eigenvalue weighted by atomic mass is 16.5. The summed E-state index contributed by atoms with van der Waals surface area (Å²) in [6.45, 7) is 2.06. The molecule has 6 nitrogen and oxygen atoms in total. The van der Waals surface area contributed by atoms with Gasteiger partial charge in [0.15, 0.2) is 5.82 Å². The highest BCUT2D eigenvalue weighted by molar-refractivity contribution is 5.79. The third kappa shape index (κ3) is 3.31. The molecule has 1 N–H and O–H groups in total. The molecule has 132 valence electrons. The Bertz CT molecular complexity index is 786. The Kier molecular flexibility index (Phi) is 4.29. The number of aliphatic hydroxyl groups excluding tert-OH is 1. The Morgan fingerprint density at radius 2 is 2.12 bits per heavy atom. The molecule has 0 unspecified atom stereocenters. The lowest BCUT2D eigenvalue weighted by Gasteiger charge is -2.22. The molecule has 6 heteroatoms. The van der Waals surface area contributed by atoms with Crippen LogP contribution in [0.5, 0.6) is 0 Å². The minimum Gasteiger partial charge on any atom is -0.391 e. The number of amides is 1. The van der Waals surface area contributed by atoms with E-state index in [1.807, 2.05) is 0 Å². The van der Waals surface area contributed by atoms with Gasteiger partial charge in [0.1, 0.15) is 6.04 Å². The maximum Gasteiger partial charge on any atom is 0.249 e. The number of likely N-dealkylation sites (tertiary alicyclic amines) is 1. The fourth-order valence-corrected chi connectivity index (χ4v) is 3.94. The maximum atomic E-state index is 12.8. The second-order valence-electron chi connectivity index (χ2n) is 7.12. The van der Waals surface area contributed by atoms with E-state index in [1.165, 1.54) is 24.0 Å². The first kappa shape index (κ1) is 16.3. The molecular weight excluding hydrogens is 318 g/mol. The summed E-state index contributed by atoms with van der Waals surface area (Å²) in [5.74, 6) is 0.944. The zero-order valence-electron chi connectivity index (χ0n) is 14.4. The highest BCUT2D eigenvalue weighted by Crippen LogP contribution is 2.32. The monoisotopic (exact) mass is 341 g/mol. The zero-order valence-corrected chi connectivity index (χ0v) is 14.4. The molecule has 1 aliphatic carbocycles. The Morgan fingerprint density at radius 1 is 1.32 bits per heavy atom. The first-order chi connectivity index (χ1) is 12.1. The van der Waals surface area contributed by atoms with Crippen molar-refractivity contribution in [1.29, 1.82) is 0 Å². The van der Waals surface area contributed by atoms with Crippen molar-refractivity contribution in [3.05, 3.63) is 46.6 Å². The predicted octanol–water partition coefficient (Wildman–Crippen LogP) is 2.13. The van der Waals surface area contributed by atoms with Crippen molar-refractivity contribution in [3.63, 3.8) is 0 Å². The number of β-amino-alcohol motifs (C(OH)–C–C–N with tert-alkyl or cyclic N) is 1. The average Bonchev–Trinajstić information content (AvgIpc) is 3.20. The summed E-state index contributed by atoms with van der Waals surface area (Å²) in [6.07, 6.45) is 4.94. The van der Waals surface area contributed by atoms with Gasteiger partial charge in [-0.3, -0.25) is 4.79 Å². The number of aliphatic hydroxyl groups is 1. The van der Waals surface area contributed by atoms with Gasteiger partial charge in [-0.05, 0) is 49.3 Å². The predicted molar refractivity (Wildman–Crippen MR) is 90.9 cm³/mol. The molecule has 2 atom stereocenters. The molecule has 4 rings (SSSR count). The van der Waals surface area contributed by atoms with E-state index in [0.717, 1.165) is 18.4 Å². The number of aromatic nitrogens is 2. The van der Waals surface area contributed by atoms with Gasteiger partial charge in [0.25, 0.3) is 0 Å². The Hall–Kier alpha value is -2.21. The standard InChI is InChI=1S/C19H23N3O3/c1-12-20-19(25-21-12)17-10-16(23)11-22(17)18(24)9-13-6-7-14-4-2-3-5-15(14)8-13/h6-8,16-17,23H,2-5,9-11H2,1H3/t16-,17-/m1/s1. The minimum absolute atomic E-state index is 0.00633. The number of nitrogens with zero attached hydrogens (tertiary/aromatic N) is 3. The lowest BCUT2D eigenvalue weighted by atomic mass is 9.90. The van der Waals surface area contributed by atoms with E-state index in [1.54, 1.807) is 11.8 Å². The van der Waals surface area contributed by atoms with Crippen molar-refractivity contribution in [3.8, 4) is 0 Å². The lowest BCUT2D eigenvalue weighted by molar-refractivity contribution is -0.132. The summed E-state index contributed by atoms with van der Waals surface area (Å²) in [7, 11) is 0. The van der Waals surface area contributed by atoms with Crippen LogP contribution in [0.25, 0.3) is 0 Å². The SMILES string of the molecule is Cc1noc([C@H]2C[C@@H](O)CN2C(=O)Cc2ccc3c(c2)CCCC3)n1. The number of carbonyl (C=O) groups excluding carboxylic acids is 1. The summed E-state index contributed by atoms with van der Waals surface area (Å²) in [5, 5.41) is 13.8. The lowest BCUT2D eigenvalue weighted by Crippen LogP contribution is -2.33. The maximum absolute atomic E-state index is 12.8. The van der Waals surface area contributed by atoms with Crippen LogP contribution in [0, 0.1) is 6.92 Å². The van der Waals surface area contributed by atoms with Crippen LogP contribution in [0.2, 0.25) is 0 Å². The number of hydrogen-bond acceptors (Lipinski definition) is 5. The third-order valence-electron chi connectivity index (χ3n) is 5.20. The van der Waals surface area contributed by atoms with Gasteiger partial charge in [0.2, 0.25) is 11.8 Å². The van der Waals surface area contributed by atoms with Gasteiger partial charge < -0.3 is 14.5 Å². The summed E-state index contributed by atoms with van der Waals surface area (Å²) in [4.78, 5) is 18.8. The number of benzene rings is 1. The van der Waals surface area contributed by atoms with E-state index in [0.29, 0.717) is 31.1 Å². The van der Waals surface area contributed by atoms with Crippen LogP contribution < -0.4 is 0 Å². The second kappa shape index (κ2) is 6.59. The average molecular weight is 341 g/mol. The number of rotatable bonds is 3. The number of carbonyl (C=O) groups is 1. The fourth-order valence-electron chi connectivity index (χ4n) is 3.94. The van der Waals surface area contributed by atoms with Crippen LogP contribution in [-0.2, 0) is 24.1 Å². The van der Waals surface area contributed by atoms with Crippen molar-refractivity contribution in [1.82, 2.24) is 15.0 Å². The Labute approximate surface area is 146 Å². The molecule has 1 aromatic heterocycles. The van der Waals surface area contributed by atoms with Gasteiger partial charge in [0, 0.05) is 13.0 Å². The van der Waals surface area contributed by atoms with Crippen molar-refractivity contribution in [2.45, 2.75) is 57.6 Å². The fraction of sp³-hybridized carbons (Fsp3) is 0.526. The summed E-state index contributed by atoms with van der Waals surface area (Å²) in [6, 6.07) is 6.06. The van der Waals surface area contributed by atoms with Crippen molar-refractivity contribution >= 4 is 5.91 Å². The van der Waals surface area contributed by atoms with E-state index in [2.05, 4.69) is 28.3 Å². The number of hydrogen-bond donors (Lipinski definition) is 1. The molecule has 0 radical (unpaired) electrons. The first-order valence-electron chi connectivity index (χ1n) is 8.98. The first-order valence-corrected chi connectivity index (χ1v) is 8.98. The van der Waals surface area contributed by atoms with E-state index >= 15 is 0 Å². The molecule has 1 aliphatic heterocycles. The van der Waals surface area contributed by atoms with Crippen LogP contribution in [0.3, 0.4) is 0 Å². The van der Waals surface area contributed by atoms with Crippen molar-refractivity contribution < 1.29 is 14.4 Å². The van der Waals surface area contributed by atoms with E-state index in [4.69, 9.17) is 4.52 Å². The molecule has 0 saturated carbocycles. The molecule has 25 heavy (non-hydrogen) atoms. The van der Waals surface area contributed by atoms with Gasteiger partial charge in [-0.2, -0.15) is 4.98 Å². The summed E-state index contributed by atoms with van der Waals surface area (Å²) >= 11 is 0. The van der Waals surface area contributed by atoms with Gasteiger partial charge in [-0.15, -0.1) is 0 Å². The molecule has 2 aromatic rings. The number of aryl methyl sites for hydroxylation is 3. The Balaban J connectivity index is 1.51. The van der Waals surface area contributed by atoms with Crippen LogP contribution in [0.15, 0.2) is 22.7 Å². The molecule has 1 saturated heterocycles. The van der Waals surface area contributed by atoms with E-state index in [-0.39, 0.29) is 11.9 Å². The van der Waals surface area contributed by atoms with Crippen LogP contribution in [0.4, 0.5) is 0 Å². The molecule has 0 spiro atoms. The van der Waals surface area contributed by atoms with Crippen molar-refractivity contribution in [2.24, 2.45) is 0 Å². The molecule has 2 aliphatic rings. The van der Waals surface area contributed by atoms with Crippen LogP contribution in [0.1, 0.15) is 53.7 Å². The normalized spacial score (nSPS) is 22.9. The molecule has 1 aromatic carbocycles. The number of fused-ring (bicyclic) bond motifs is 1. The van der Waals surface area contributed by atoms with E-state index < -0.39 is 6.10 Å². The highest BCUT2D eigenvalue weighted by Gasteiger charge is 2.38. The van der Waals surface area contributed by atoms with Crippen LogP contribution in [-0.4, -0.2) is 38.7 Å². The molecule has 2 heterocycles. The Morgan fingerprint density at radius 3 is 2.88 bits per heavy atom.